The summed E-state index contributed by atoms with van der Waals surface area (Å²) in [6, 6.07) is 93.8. The normalized spacial score (nSPS) is 10.9. The van der Waals surface area contributed by atoms with Crippen LogP contribution in [-0.4, -0.2) is 35.1 Å². The number of benzene rings is 10. The number of Topliss-reactive ketones (excluding diaryl/α,β-unsaturated/α-hetero) is 1. The highest BCUT2D eigenvalue weighted by atomic mass is 79.9. The number of nitrogens with zero attached hydrogens (tertiary/aromatic N) is 3. The van der Waals surface area contributed by atoms with E-state index in [1.165, 1.54) is 95.3 Å². The van der Waals surface area contributed by atoms with Crippen molar-refractivity contribution < 1.29 is 27.1 Å². The zero-order chi connectivity index (χ0) is 97.2. The molecule has 0 radical (unpaired) electrons. The molecule has 0 fully saturated rings. The van der Waals surface area contributed by atoms with Gasteiger partial charge in [-0.25, -0.2) is 4.39 Å². The van der Waals surface area contributed by atoms with Crippen LogP contribution in [0.5, 0.6) is 5.75 Å². The molecule has 6 nitrogen and oxygen atoms in total. The average Bonchev–Trinajstić information content (AvgIpc) is 1.81. The number of carbonyl (C=O) groups excluding carboxylic acids is 1. The van der Waals surface area contributed by atoms with Gasteiger partial charge in [-0.05, 0) is 242 Å². The number of aromatic amines is 1. The summed E-state index contributed by atoms with van der Waals surface area (Å²) in [4.78, 5) is 22.4. The van der Waals surface area contributed by atoms with Gasteiger partial charge in [0, 0.05) is 57.3 Å². The van der Waals surface area contributed by atoms with Crippen molar-refractivity contribution in [2.24, 2.45) is 0 Å². The fraction of sp³-hybridized carbons (Fsp3) is 0.364. The maximum absolute atomic E-state index is 13.1. The third-order valence-corrected chi connectivity index (χ3v) is 22.8. The lowest BCUT2D eigenvalue weighted by atomic mass is 9.86. The molecular weight excluding hydrogens is 1690 g/mol. The Bertz CT molecular complexity index is 5040. The van der Waals surface area contributed by atoms with Gasteiger partial charge in [0.1, 0.15) is 11.6 Å². The standard InChI is InChI=1S/C21H22F3NO.C13H20.C11H13N.C11H16O.C10H11N.C10H14.C9H11Br.C9H11F.C9H12.C8H11N.C7H10S/c1-4-25(18-8-6-5-7-9-18)14-19(20(26)21(22,23)24)17-12-10-16(11-13-17)15(2)3;1-10(2)11-6-8-12(9-7-11)13(3,4)5;1-8(2)10-7-12-11-6-4-3-5-9(10)11;1-4-12-11-7-5-10(6-8-11)9(2)3;1-8(2)10-5-3-9(7-11)4-6-10;1-8(2)10-6-4-9(3)5-7-10;2*1-7(2)8-3-5-9(10)6-4-8;1-8(2)9-6-4-3-5-7-9;1-7(2)8-4-3-5-9-6-8;1-6(2)7-4-3-5-8-7/h5-15H,4H2,1-3H3;6-10H,1-5H3;3-8,12H,1-2H3;5-9H,4H2,1-3H3;3-6,8H,1-2H3;4-8H,1-3H3;2*3-7H,1-2H3;3-8H,1-2H3;3-7H,1-2H3;3-6H,1-2H3/b19-14-;;;;;;;;;;. The molecule has 1 N–H and O–H groups in total. The fourth-order valence-corrected chi connectivity index (χ4v) is 13.4. The van der Waals surface area contributed by atoms with Crippen LogP contribution < -0.4 is 9.64 Å². The third-order valence-electron chi connectivity index (χ3n) is 21.1. The van der Waals surface area contributed by atoms with E-state index in [1.807, 2.05) is 112 Å². The first-order valence-corrected chi connectivity index (χ1v) is 47.8. The summed E-state index contributed by atoms with van der Waals surface area (Å²) in [5.41, 5.74) is 18.8. The summed E-state index contributed by atoms with van der Waals surface area (Å²) in [5.74, 6) is 5.31. The molecule has 0 atom stereocenters. The van der Waals surface area contributed by atoms with Crippen molar-refractivity contribution in [3.63, 3.8) is 0 Å². The molecule has 3 aromatic heterocycles. The van der Waals surface area contributed by atoms with E-state index in [2.05, 4.69) is 361 Å². The summed E-state index contributed by atoms with van der Waals surface area (Å²) in [5, 5.41) is 12.0. The van der Waals surface area contributed by atoms with Gasteiger partial charge in [-0.3, -0.25) is 9.78 Å². The van der Waals surface area contributed by atoms with Gasteiger partial charge >= 0.3 is 6.18 Å². The minimum absolute atomic E-state index is 0.163. The zero-order valence-corrected chi connectivity index (χ0v) is 85.6. The number of anilines is 1. The van der Waals surface area contributed by atoms with Crippen LogP contribution in [-0.2, 0) is 10.2 Å². The molecule has 0 amide bonds. The minimum atomic E-state index is -4.93. The lowest BCUT2D eigenvalue weighted by Gasteiger charge is -2.21. The van der Waals surface area contributed by atoms with E-state index in [9.17, 15) is 22.4 Å². The molecule has 0 saturated carbocycles. The van der Waals surface area contributed by atoms with Gasteiger partial charge < -0.3 is 14.6 Å². The number of para-hydroxylation sites is 2. The number of thiophene rings is 1. The Morgan fingerprint density at radius 2 is 0.854 bits per heavy atom. The quantitative estimate of drug-likeness (QED) is 0.0684. The second-order valence-electron chi connectivity index (χ2n) is 36.4. The van der Waals surface area contributed by atoms with Gasteiger partial charge in [0.15, 0.2) is 0 Å². The highest BCUT2D eigenvalue weighted by molar-refractivity contribution is 9.10. The number of allylic oxidation sites excluding steroid dienone is 1. The number of alkyl halides is 3. The molecule has 0 bridgehead atoms. The minimum Gasteiger partial charge on any atom is -0.494 e. The van der Waals surface area contributed by atoms with Crippen molar-refractivity contribution in [3.8, 4) is 11.8 Å². The first-order chi connectivity index (χ1) is 61.4. The average molecular weight is 1850 g/mol. The smallest absolute Gasteiger partial charge is 0.454 e. The summed E-state index contributed by atoms with van der Waals surface area (Å²) in [6.45, 7) is 61.6. The molecule has 130 heavy (non-hydrogen) atoms. The molecule has 0 aliphatic rings. The number of carbonyl (C=O) groups is 1. The number of hydrogen-bond donors (Lipinski definition) is 1. The molecular formula is C118H151BrF4N4O2S. The molecule has 10 aromatic carbocycles. The molecule has 0 spiro atoms. The molecule has 0 aliphatic carbocycles. The monoisotopic (exact) mass is 1840 g/mol. The molecule has 12 heteroatoms. The highest BCUT2D eigenvalue weighted by Crippen LogP contribution is 2.32. The van der Waals surface area contributed by atoms with Gasteiger partial charge in [-0.2, -0.15) is 18.4 Å². The molecule has 13 aromatic rings. The van der Waals surface area contributed by atoms with E-state index in [1.54, 1.807) is 59.6 Å². The van der Waals surface area contributed by atoms with Crippen LogP contribution in [0.1, 0.15) is 335 Å². The first-order valence-electron chi connectivity index (χ1n) is 46.1. The number of aromatic nitrogens is 2. The third kappa shape index (κ3) is 44.3. The molecule has 696 valence electrons. The Kier molecular flexibility index (Phi) is 52.6. The maximum atomic E-state index is 13.1. The Labute approximate surface area is 794 Å². The topological polar surface area (TPSA) is 82.0 Å². The van der Waals surface area contributed by atoms with Gasteiger partial charge in [0.05, 0.1) is 23.8 Å². The Balaban J connectivity index is 0.000000376. The summed E-state index contributed by atoms with van der Waals surface area (Å²) in [6.07, 6.45) is 2.17. The maximum Gasteiger partial charge on any atom is 0.454 e. The van der Waals surface area contributed by atoms with Crippen LogP contribution in [0.3, 0.4) is 0 Å². The van der Waals surface area contributed by atoms with Crippen molar-refractivity contribution in [1.82, 2.24) is 9.97 Å². The number of halogens is 5. The van der Waals surface area contributed by atoms with Crippen LogP contribution in [0.4, 0.5) is 23.2 Å². The van der Waals surface area contributed by atoms with Crippen LogP contribution >= 0.6 is 27.3 Å². The second-order valence-corrected chi connectivity index (χ2v) is 38.3. The van der Waals surface area contributed by atoms with E-state index in [4.69, 9.17) is 10.00 Å². The number of aryl methyl sites for hydroxylation is 1. The van der Waals surface area contributed by atoms with Gasteiger partial charge in [-0.1, -0.05) is 395 Å². The van der Waals surface area contributed by atoms with E-state index in [0.717, 1.165) is 33.6 Å². The number of fused-ring (bicyclic) bond motifs is 1. The molecule has 0 unspecified atom stereocenters. The predicted octanol–water partition coefficient (Wildman–Crippen LogP) is 36.6. The first kappa shape index (κ1) is 113. The Morgan fingerprint density at radius 1 is 0.462 bits per heavy atom. The molecule has 0 saturated heterocycles. The van der Waals surface area contributed by atoms with Gasteiger partial charge in [0.2, 0.25) is 0 Å². The second kappa shape index (κ2) is 60.3. The summed E-state index contributed by atoms with van der Waals surface area (Å²) >= 11 is 5.23. The largest absolute Gasteiger partial charge is 0.494 e. The number of nitrogens with one attached hydrogen (secondary N) is 1. The lowest BCUT2D eigenvalue weighted by molar-refractivity contribution is -0.164. The fourth-order valence-electron chi connectivity index (χ4n) is 12.4. The number of H-pyrrole nitrogens is 1. The van der Waals surface area contributed by atoms with Crippen molar-refractivity contribution in [3.05, 3.63) is 402 Å². The SMILES string of the molecule is CC(C)c1c[nH]c2ccccc12.CC(C)c1ccc(Br)cc1.CC(C)c1ccc(C#N)cc1.CC(C)c1ccc(C(C)(C)C)cc1.CC(C)c1ccc(F)cc1.CC(C)c1ccccc1.CC(C)c1cccnc1.CC(C)c1cccs1.CCN(/C=C(\C(=O)C(F)(F)F)c1ccc(C(C)C)cc1)c1ccccc1.CCOc1ccc(C(C)C)cc1.Cc1ccc(C(C)C)cc1. The summed E-state index contributed by atoms with van der Waals surface area (Å²) in [7, 11) is 0. The van der Waals surface area contributed by atoms with Crippen molar-refractivity contribution in [2.75, 3.05) is 18.1 Å². The molecule has 13 rings (SSSR count). The van der Waals surface area contributed by atoms with Gasteiger partial charge in [0.25, 0.3) is 5.78 Å². The number of ketones is 1. The van der Waals surface area contributed by atoms with Crippen LogP contribution in [0, 0.1) is 24.1 Å². The number of hydrogen-bond acceptors (Lipinski definition) is 6. The van der Waals surface area contributed by atoms with Crippen LogP contribution in [0.2, 0.25) is 0 Å². The van der Waals surface area contributed by atoms with Crippen LogP contribution in [0.15, 0.2) is 314 Å². The zero-order valence-electron chi connectivity index (χ0n) is 83.2. The lowest BCUT2D eigenvalue weighted by Crippen LogP contribution is -2.26. The van der Waals surface area contributed by atoms with E-state index in [0.29, 0.717) is 65.7 Å². The van der Waals surface area contributed by atoms with Gasteiger partial charge in [-0.15, -0.1) is 11.3 Å². The predicted molar refractivity (Wildman–Crippen MR) is 559 cm³/mol. The Hall–Kier alpha value is -10.7. The van der Waals surface area contributed by atoms with E-state index < -0.39 is 12.0 Å². The number of nitriles is 1. The number of ether oxygens (including phenoxy) is 1. The van der Waals surface area contributed by atoms with Crippen molar-refractivity contribution >= 4 is 55.2 Å². The van der Waals surface area contributed by atoms with E-state index >= 15 is 0 Å². The molecule has 0 aliphatic heterocycles. The number of pyridine rings is 1. The van der Waals surface area contributed by atoms with Crippen molar-refractivity contribution in [1.29, 1.82) is 5.26 Å². The van der Waals surface area contributed by atoms with Crippen LogP contribution in [0.25, 0.3) is 16.5 Å². The Morgan fingerprint density at radius 3 is 1.22 bits per heavy atom. The number of rotatable bonds is 18. The summed E-state index contributed by atoms with van der Waals surface area (Å²) < 4.78 is 58.3. The highest BCUT2D eigenvalue weighted by Gasteiger charge is 2.41. The van der Waals surface area contributed by atoms with E-state index in [-0.39, 0.29) is 28.3 Å². The molecule has 3 heterocycles. The van der Waals surface area contributed by atoms with Crippen molar-refractivity contribution in [2.45, 2.75) is 271 Å².